The lowest BCUT2D eigenvalue weighted by Crippen LogP contribution is -2.50. The molecule has 1 atom stereocenters. The molecule has 188 valence electrons. The van der Waals surface area contributed by atoms with Gasteiger partial charge in [0.05, 0.1) is 38.2 Å². The minimum Gasteiger partial charge on any atom is -0.497 e. The van der Waals surface area contributed by atoms with Gasteiger partial charge in [0, 0.05) is 5.56 Å². The van der Waals surface area contributed by atoms with E-state index in [-0.39, 0.29) is 23.8 Å². The topological polar surface area (TPSA) is 131 Å². The minimum atomic E-state index is -1.35. The van der Waals surface area contributed by atoms with E-state index in [2.05, 4.69) is 10.6 Å². The van der Waals surface area contributed by atoms with Crippen molar-refractivity contribution in [1.82, 2.24) is 10.6 Å². The fourth-order valence-electron chi connectivity index (χ4n) is 2.94. The second-order valence-electron chi connectivity index (χ2n) is 8.36. The molecule has 3 N–H and O–H groups in total. The van der Waals surface area contributed by atoms with Gasteiger partial charge >= 0.3 is 5.97 Å². The summed E-state index contributed by atoms with van der Waals surface area (Å²) < 4.78 is 10.5. The van der Waals surface area contributed by atoms with Crippen LogP contribution in [0, 0.1) is 11.8 Å². The molecule has 34 heavy (non-hydrogen) atoms. The number of hydrogen-bond acceptors (Lipinski definition) is 7. The van der Waals surface area contributed by atoms with Crippen molar-refractivity contribution in [3.8, 4) is 11.5 Å². The van der Waals surface area contributed by atoms with E-state index in [0.717, 1.165) is 5.75 Å². The Balaban J connectivity index is 2.95. The Labute approximate surface area is 204 Å². The fourth-order valence-corrected chi connectivity index (χ4v) is 3.87. The molecule has 0 aliphatic heterocycles. The lowest BCUT2D eigenvalue weighted by molar-refractivity contribution is -0.132. The predicted octanol–water partition coefficient (Wildman–Crippen LogP) is 2.43. The zero-order valence-electron chi connectivity index (χ0n) is 20.5. The number of nitrogens with one attached hydrogen (secondary N) is 2. The van der Waals surface area contributed by atoms with Gasteiger partial charge in [0.1, 0.15) is 17.5 Å². The number of carboxylic acid groups (broad SMARTS) is 1. The average molecular weight is 495 g/mol. The summed E-state index contributed by atoms with van der Waals surface area (Å²) in [6.07, 6.45) is 0.607. The van der Waals surface area contributed by atoms with Gasteiger partial charge in [0.15, 0.2) is 5.78 Å². The molecule has 0 radical (unpaired) electrons. The minimum absolute atomic E-state index is 0.0336. The van der Waals surface area contributed by atoms with Crippen LogP contribution in [0.4, 0.5) is 0 Å². The van der Waals surface area contributed by atoms with Gasteiger partial charge in [-0.25, -0.2) is 4.79 Å². The van der Waals surface area contributed by atoms with E-state index in [4.69, 9.17) is 14.6 Å². The average Bonchev–Trinajstić information content (AvgIpc) is 2.75. The summed E-state index contributed by atoms with van der Waals surface area (Å²) in [4.78, 5) is 49.3. The molecule has 0 aliphatic carbocycles. The second-order valence-corrected chi connectivity index (χ2v) is 9.39. The molecule has 0 bridgehead atoms. The summed E-state index contributed by atoms with van der Waals surface area (Å²) in [5, 5.41) is 14.2. The molecule has 0 saturated heterocycles. The first-order valence-electron chi connectivity index (χ1n) is 10.8. The van der Waals surface area contributed by atoms with Crippen molar-refractivity contribution in [1.29, 1.82) is 0 Å². The Bertz CT molecular complexity index is 913. The molecule has 0 fully saturated rings. The van der Waals surface area contributed by atoms with Gasteiger partial charge in [-0.05, 0) is 35.8 Å². The van der Waals surface area contributed by atoms with Crippen LogP contribution in [0.5, 0.6) is 11.5 Å². The number of carbonyl (C=O) groups is 4. The van der Waals surface area contributed by atoms with Crippen LogP contribution in [-0.2, 0) is 25.6 Å². The number of thioether (sulfide) groups is 1. The standard InChI is InChI=1S/C24H34N2O7S/c1-14(2)12-34-13-19(27)18(11-22(29)30)25-24(31)23(15(3)4)26-21(28)10-16-9-17(32-5)7-8-20(16)33-6/h7-9,11,14-15,23H,10,12-13H2,1-6H3,(H,25,31)(H,26,28)(H,29,30)/b18-11+/t23-/m0/s1. The number of rotatable bonds is 14. The van der Waals surface area contributed by atoms with Crippen LogP contribution in [0.2, 0.25) is 0 Å². The summed E-state index contributed by atoms with van der Waals surface area (Å²) in [5.41, 5.74) is 0.259. The highest BCUT2D eigenvalue weighted by Gasteiger charge is 2.27. The number of hydrogen-bond donors (Lipinski definition) is 3. The SMILES string of the molecule is COc1ccc(OC)c(CC(=O)N[C@H](C(=O)N/C(=C/C(=O)O)C(=O)CSCC(C)C)C(C)C)c1. The van der Waals surface area contributed by atoms with Crippen molar-refractivity contribution in [3.63, 3.8) is 0 Å². The van der Waals surface area contributed by atoms with Crippen molar-refractivity contribution in [3.05, 3.63) is 35.5 Å². The molecule has 0 heterocycles. The van der Waals surface area contributed by atoms with Gasteiger partial charge in [0.2, 0.25) is 11.8 Å². The van der Waals surface area contributed by atoms with Gasteiger partial charge in [-0.15, -0.1) is 0 Å². The van der Waals surface area contributed by atoms with E-state index in [1.54, 1.807) is 32.0 Å². The number of aliphatic carboxylic acids is 1. The van der Waals surface area contributed by atoms with Crippen LogP contribution in [0.3, 0.4) is 0 Å². The molecule has 0 spiro atoms. The molecule has 0 aromatic heterocycles. The van der Waals surface area contributed by atoms with Gasteiger partial charge in [-0.3, -0.25) is 14.4 Å². The molecule has 10 heteroatoms. The molecule has 1 aromatic rings. The van der Waals surface area contributed by atoms with E-state index in [1.807, 2.05) is 13.8 Å². The predicted molar refractivity (Wildman–Crippen MR) is 131 cm³/mol. The van der Waals surface area contributed by atoms with Crippen molar-refractivity contribution >= 4 is 35.3 Å². The molecule has 1 aromatic carbocycles. The van der Waals surface area contributed by atoms with E-state index in [0.29, 0.717) is 29.1 Å². The lowest BCUT2D eigenvalue weighted by atomic mass is 10.0. The first-order chi connectivity index (χ1) is 16.0. The molecule has 0 unspecified atom stereocenters. The molecular weight excluding hydrogens is 460 g/mol. The first kappa shape index (κ1) is 29.0. The smallest absolute Gasteiger partial charge is 0.330 e. The maximum atomic E-state index is 12.9. The summed E-state index contributed by atoms with van der Waals surface area (Å²) >= 11 is 1.36. The molecule has 0 saturated carbocycles. The Kier molecular flexibility index (Phi) is 12.2. The van der Waals surface area contributed by atoms with Crippen LogP contribution >= 0.6 is 11.8 Å². The number of allylic oxidation sites excluding steroid dienone is 1. The van der Waals surface area contributed by atoms with Gasteiger partial charge < -0.3 is 25.2 Å². The zero-order valence-corrected chi connectivity index (χ0v) is 21.3. The van der Waals surface area contributed by atoms with E-state index in [1.165, 1.54) is 26.0 Å². The largest absolute Gasteiger partial charge is 0.497 e. The van der Waals surface area contributed by atoms with Gasteiger partial charge in [-0.2, -0.15) is 11.8 Å². The molecular formula is C24H34N2O7S. The number of ether oxygens (including phenoxy) is 2. The molecule has 9 nitrogen and oxygen atoms in total. The van der Waals surface area contributed by atoms with Crippen molar-refractivity contribution < 1.29 is 33.8 Å². The number of ketones is 1. The number of carbonyl (C=O) groups excluding carboxylic acids is 3. The fraction of sp³-hybridized carbons (Fsp3) is 0.500. The number of benzene rings is 1. The third kappa shape index (κ3) is 9.86. The van der Waals surface area contributed by atoms with Crippen molar-refractivity contribution in [2.75, 3.05) is 25.7 Å². The van der Waals surface area contributed by atoms with E-state index in [9.17, 15) is 19.2 Å². The quantitative estimate of drug-likeness (QED) is 0.336. The molecule has 0 aliphatic rings. The maximum Gasteiger partial charge on any atom is 0.330 e. The Morgan fingerprint density at radius 3 is 2.29 bits per heavy atom. The summed E-state index contributed by atoms with van der Waals surface area (Å²) in [6, 6.07) is 4.07. The number of amides is 2. The monoisotopic (exact) mass is 494 g/mol. The van der Waals surface area contributed by atoms with Gasteiger partial charge in [-0.1, -0.05) is 27.7 Å². The van der Waals surface area contributed by atoms with Crippen LogP contribution < -0.4 is 20.1 Å². The lowest BCUT2D eigenvalue weighted by Gasteiger charge is -2.22. The number of carboxylic acids is 1. The second kappa shape index (κ2) is 14.3. The zero-order chi connectivity index (χ0) is 25.8. The molecule has 1 rings (SSSR count). The van der Waals surface area contributed by atoms with E-state index < -0.39 is 29.6 Å². The Morgan fingerprint density at radius 1 is 1.09 bits per heavy atom. The Morgan fingerprint density at radius 2 is 1.76 bits per heavy atom. The normalized spacial score (nSPS) is 12.3. The van der Waals surface area contributed by atoms with Crippen LogP contribution in [-0.4, -0.2) is 60.4 Å². The number of methoxy groups -OCH3 is 2. The highest BCUT2D eigenvalue weighted by Crippen LogP contribution is 2.24. The third-order valence-corrected chi connectivity index (χ3v) is 5.98. The summed E-state index contributed by atoms with van der Waals surface area (Å²) in [7, 11) is 3.00. The maximum absolute atomic E-state index is 12.9. The first-order valence-corrected chi connectivity index (χ1v) is 12.0. The van der Waals surface area contributed by atoms with Crippen LogP contribution in [0.1, 0.15) is 33.3 Å². The highest BCUT2D eigenvalue weighted by atomic mass is 32.2. The highest BCUT2D eigenvalue weighted by molar-refractivity contribution is 7.99. The van der Waals surface area contributed by atoms with Crippen LogP contribution in [0.25, 0.3) is 0 Å². The Hall–Kier alpha value is -3.01. The van der Waals surface area contributed by atoms with Crippen LogP contribution in [0.15, 0.2) is 30.0 Å². The van der Waals surface area contributed by atoms with Crippen molar-refractivity contribution in [2.45, 2.75) is 40.2 Å². The number of Topliss-reactive ketones (excluding diaryl/α,β-unsaturated/α-hetero) is 1. The van der Waals surface area contributed by atoms with E-state index >= 15 is 0 Å². The van der Waals surface area contributed by atoms with Crippen molar-refractivity contribution in [2.24, 2.45) is 11.8 Å². The van der Waals surface area contributed by atoms with Gasteiger partial charge in [0.25, 0.3) is 0 Å². The summed E-state index contributed by atoms with van der Waals surface area (Å²) in [6.45, 7) is 7.48. The third-order valence-electron chi connectivity index (χ3n) is 4.61. The summed E-state index contributed by atoms with van der Waals surface area (Å²) in [5.74, 6) is -1.13. The molecule has 2 amide bonds.